The maximum atomic E-state index is 11.9. The minimum Gasteiger partial charge on any atom is -0.480 e. The van der Waals surface area contributed by atoms with Gasteiger partial charge in [-0.1, -0.05) is 70.5 Å². The van der Waals surface area contributed by atoms with E-state index in [0.29, 0.717) is 5.33 Å². The molecule has 1 N–H and O–H groups in total. The van der Waals surface area contributed by atoms with E-state index >= 15 is 0 Å². The number of carboxylic acids is 1. The van der Waals surface area contributed by atoms with Crippen LogP contribution in [0.3, 0.4) is 0 Å². The van der Waals surface area contributed by atoms with E-state index < -0.39 is 11.4 Å². The number of benzene rings is 2. The molecule has 0 aliphatic carbocycles. The van der Waals surface area contributed by atoms with Gasteiger partial charge in [0.15, 0.2) is 0 Å². The first-order valence-electron chi connectivity index (χ1n) is 6.04. The molecule has 0 radical (unpaired) electrons. The van der Waals surface area contributed by atoms with Gasteiger partial charge in [-0.2, -0.15) is 0 Å². The Morgan fingerprint density at radius 1 is 1.11 bits per heavy atom. The zero-order valence-electron chi connectivity index (χ0n) is 10.6. The molecule has 0 heterocycles. The maximum absolute atomic E-state index is 11.9. The zero-order valence-corrected chi connectivity index (χ0v) is 12.2. The predicted molar refractivity (Wildman–Crippen MR) is 79.6 cm³/mol. The normalized spacial score (nSPS) is 13.8. The summed E-state index contributed by atoms with van der Waals surface area (Å²) in [5, 5.41) is 10.4. The first-order chi connectivity index (χ1) is 9.10. The molecule has 0 spiro atoms. The summed E-state index contributed by atoms with van der Waals surface area (Å²) >= 11 is 3.43. The van der Waals surface area contributed by atoms with Gasteiger partial charge in [0.2, 0.25) is 0 Å². The lowest BCUT2D eigenvalue weighted by atomic mass is 9.74. The van der Waals surface area contributed by atoms with Crippen molar-refractivity contribution in [3.63, 3.8) is 0 Å². The highest BCUT2D eigenvalue weighted by atomic mass is 79.9. The fraction of sp³-hybridized carbons (Fsp3) is 0.188. The fourth-order valence-electron chi connectivity index (χ4n) is 2.29. The van der Waals surface area contributed by atoms with Crippen LogP contribution in [0.1, 0.15) is 23.6 Å². The molecule has 0 fully saturated rings. The molecule has 0 aliphatic heterocycles. The van der Waals surface area contributed by atoms with E-state index in [1.54, 1.807) is 6.92 Å². The Bertz CT molecular complexity index is 580. The van der Waals surface area contributed by atoms with E-state index in [0.717, 1.165) is 16.7 Å². The summed E-state index contributed by atoms with van der Waals surface area (Å²) in [6.07, 6.45) is 0. The van der Waals surface area contributed by atoms with Crippen LogP contribution in [0.2, 0.25) is 0 Å². The van der Waals surface area contributed by atoms with Crippen molar-refractivity contribution in [2.45, 2.75) is 17.7 Å². The summed E-state index contributed by atoms with van der Waals surface area (Å²) in [4.78, 5) is 11.9. The van der Waals surface area contributed by atoms with E-state index in [-0.39, 0.29) is 0 Å². The van der Waals surface area contributed by atoms with E-state index in [2.05, 4.69) is 15.9 Å². The van der Waals surface area contributed by atoms with Crippen LogP contribution in [0, 0.1) is 0 Å². The van der Waals surface area contributed by atoms with Crippen molar-refractivity contribution in [3.05, 3.63) is 71.3 Å². The maximum Gasteiger partial charge on any atom is 0.318 e. The van der Waals surface area contributed by atoms with Gasteiger partial charge in [-0.3, -0.25) is 4.79 Å². The van der Waals surface area contributed by atoms with E-state index in [1.807, 2.05) is 54.6 Å². The van der Waals surface area contributed by atoms with Gasteiger partial charge in [0.25, 0.3) is 0 Å². The quantitative estimate of drug-likeness (QED) is 0.866. The highest BCUT2D eigenvalue weighted by molar-refractivity contribution is 9.08. The molecule has 0 saturated carbocycles. The molecule has 1 unspecified atom stereocenters. The Balaban J connectivity index is 2.67. The highest BCUT2D eigenvalue weighted by Crippen LogP contribution is 2.35. The standard InChI is InChI=1S/C16H15BrO2/c1-16(15(18)19,13-8-3-2-4-9-13)14-10-6-5-7-12(14)11-17/h2-10H,11H2,1H3,(H,18,19). The number of rotatable bonds is 4. The SMILES string of the molecule is CC(C(=O)O)(c1ccccc1)c1ccccc1CBr. The van der Waals surface area contributed by atoms with E-state index in [4.69, 9.17) is 0 Å². The first-order valence-corrected chi connectivity index (χ1v) is 7.16. The molecule has 0 aliphatic rings. The molecular weight excluding hydrogens is 304 g/mol. The molecule has 0 saturated heterocycles. The third-order valence-electron chi connectivity index (χ3n) is 3.48. The largest absolute Gasteiger partial charge is 0.480 e. The molecule has 1 atom stereocenters. The molecular formula is C16H15BrO2. The molecule has 2 aromatic rings. The van der Waals surface area contributed by atoms with Crippen molar-refractivity contribution in [2.75, 3.05) is 0 Å². The fourth-order valence-corrected chi connectivity index (χ4v) is 2.78. The molecule has 0 aromatic heterocycles. The number of carbonyl (C=O) groups is 1. The van der Waals surface area contributed by atoms with E-state index in [9.17, 15) is 9.90 Å². The molecule has 0 bridgehead atoms. The molecule has 19 heavy (non-hydrogen) atoms. The third-order valence-corrected chi connectivity index (χ3v) is 4.08. The number of aliphatic carboxylic acids is 1. The minimum absolute atomic E-state index is 0.638. The van der Waals surface area contributed by atoms with E-state index in [1.165, 1.54) is 0 Å². The van der Waals surface area contributed by atoms with Crippen molar-refractivity contribution in [3.8, 4) is 0 Å². The predicted octanol–water partition coefficient (Wildman–Crippen LogP) is 3.97. The molecule has 98 valence electrons. The van der Waals surface area contributed by atoms with Crippen LogP contribution >= 0.6 is 15.9 Å². The number of hydrogen-bond donors (Lipinski definition) is 1. The van der Waals surface area contributed by atoms with Crippen LogP contribution in [-0.2, 0) is 15.5 Å². The Hall–Kier alpha value is -1.61. The third kappa shape index (κ3) is 2.43. The minimum atomic E-state index is -1.04. The van der Waals surface area contributed by atoms with Crippen molar-refractivity contribution in [1.29, 1.82) is 0 Å². The van der Waals surface area contributed by atoms with Crippen molar-refractivity contribution in [2.24, 2.45) is 0 Å². The molecule has 2 rings (SSSR count). The number of carboxylic acid groups (broad SMARTS) is 1. The lowest BCUT2D eigenvalue weighted by Gasteiger charge is -2.28. The summed E-state index contributed by atoms with van der Waals surface area (Å²) in [6, 6.07) is 17.0. The second-order valence-corrected chi connectivity index (χ2v) is 5.15. The van der Waals surface area contributed by atoms with Crippen LogP contribution < -0.4 is 0 Å². The monoisotopic (exact) mass is 318 g/mol. The van der Waals surface area contributed by atoms with Gasteiger partial charge in [-0.25, -0.2) is 0 Å². The number of hydrogen-bond acceptors (Lipinski definition) is 1. The Morgan fingerprint density at radius 2 is 1.68 bits per heavy atom. The van der Waals surface area contributed by atoms with Gasteiger partial charge < -0.3 is 5.11 Å². The topological polar surface area (TPSA) is 37.3 Å². The first kappa shape index (κ1) is 13.8. The Labute approximate surface area is 121 Å². The van der Waals surface area contributed by atoms with Crippen molar-refractivity contribution in [1.82, 2.24) is 0 Å². The Kier molecular flexibility index (Phi) is 4.05. The molecule has 2 aromatic carbocycles. The number of alkyl halides is 1. The van der Waals surface area contributed by atoms with Gasteiger partial charge in [-0.05, 0) is 23.6 Å². The lowest BCUT2D eigenvalue weighted by molar-refractivity contribution is -0.141. The molecule has 3 heteroatoms. The zero-order chi connectivity index (χ0) is 13.9. The summed E-state index contributed by atoms with van der Waals surface area (Å²) in [7, 11) is 0. The van der Waals surface area contributed by atoms with Gasteiger partial charge in [0.05, 0.1) is 0 Å². The number of halogens is 1. The second-order valence-electron chi connectivity index (χ2n) is 4.59. The van der Waals surface area contributed by atoms with Crippen LogP contribution in [-0.4, -0.2) is 11.1 Å². The summed E-state index contributed by atoms with van der Waals surface area (Å²) in [6.45, 7) is 1.76. The van der Waals surface area contributed by atoms with Crippen LogP contribution in [0.25, 0.3) is 0 Å². The summed E-state index contributed by atoms with van der Waals surface area (Å²) in [5.41, 5.74) is 1.57. The average molecular weight is 319 g/mol. The van der Waals surface area contributed by atoms with Crippen LogP contribution in [0.15, 0.2) is 54.6 Å². The van der Waals surface area contributed by atoms with Crippen LogP contribution in [0.4, 0.5) is 0 Å². The Morgan fingerprint density at radius 3 is 2.26 bits per heavy atom. The van der Waals surface area contributed by atoms with Gasteiger partial charge in [0.1, 0.15) is 5.41 Å². The van der Waals surface area contributed by atoms with Crippen molar-refractivity contribution < 1.29 is 9.90 Å². The lowest BCUT2D eigenvalue weighted by Crippen LogP contribution is -2.34. The summed E-state index contributed by atoms with van der Waals surface area (Å²) in [5.74, 6) is -0.841. The van der Waals surface area contributed by atoms with Gasteiger partial charge >= 0.3 is 5.97 Å². The second kappa shape index (κ2) is 5.57. The average Bonchev–Trinajstić information content (AvgIpc) is 2.47. The molecule has 0 amide bonds. The highest BCUT2D eigenvalue weighted by Gasteiger charge is 2.38. The smallest absolute Gasteiger partial charge is 0.318 e. The molecule has 2 nitrogen and oxygen atoms in total. The van der Waals surface area contributed by atoms with Crippen molar-refractivity contribution >= 4 is 21.9 Å². The van der Waals surface area contributed by atoms with Gasteiger partial charge in [-0.15, -0.1) is 0 Å². The summed E-state index contributed by atoms with van der Waals surface area (Å²) < 4.78 is 0. The van der Waals surface area contributed by atoms with Gasteiger partial charge in [0, 0.05) is 5.33 Å². The van der Waals surface area contributed by atoms with Crippen LogP contribution in [0.5, 0.6) is 0 Å².